The number of pyridine rings is 1. The topological polar surface area (TPSA) is 99.0 Å². The van der Waals surface area contributed by atoms with Crippen LogP contribution in [0.5, 0.6) is 0 Å². The Morgan fingerprint density at radius 3 is 2.72 bits per heavy atom. The van der Waals surface area contributed by atoms with Crippen LogP contribution in [-0.2, 0) is 10.2 Å². The largest absolute Gasteiger partial charge is 0.343 e. The van der Waals surface area contributed by atoms with Crippen molar-refractivity contribution in [2.24, 2.45) is 5.41 Å². The van der Waals surface area contributed by atoms with E-state index in [4.69, 9.17) is 0 Å². The van der Waals surface area contributed by atoms with Gasteiger partial charge in [-0.25, -0.2) is 4.98 Å². The molecule has 2 heterocycles. The van der Waals surface area contributed by atoms with Crippen molar-refractivity contribution in [2.45, 2.75) is 24.7 Å². The highest BCUT2D eigenvalue weighted by molar-refractivity contribution is 7.14. The van der Waals surface area contributed by atoms with Crippen molar-refractivity contribution in [3.8, 4) is 6.07 Å². The van der Waals surface area contributed by atoms with Gasteiger partial charge >= 0.3 is 0 Å². The molecular weight excluding hydrogens is 422 g/mol. The van der Waals surface area contributed by atoms with E-state index < -0.39 is 10.8 Å². The number of nitriles is 1. The lowest BCUT2D eigenvalue weighted by Crippen LogP contribution is -2.54. The molecule has 160 valence electrons. The second kappa shape index (κ2) is 6.97. The Morgan fingerprint density at radius 1 is 1.22 bits per heavy atom. The predicted octanol–water partition coefficient (Wildman–Crippen LogP) is 3.54. The Hall–Kier alpha value is -3.57. The molecule has 2 bridgehead atoms. The number of fused-ring (bicyclic) bond motifs is 1. The normalized spacial score (nSPS) is 24.8. The van der Waals surface area contributed by atoms with Gasteiger partial charge in [-0.1, -0.05) is 30.3 Å². The standard InChI is InChI=1S/C24H21N5O2S/c1-23(21(31)28-22-27-17(11-32-22)20(30)29(2)3)12-24(13-25)16-9-5-4-7-14(16)18(23)15-8-6-10-26-19(15)24/h4-11,18H,12H2,1-3H3,(H,27,28,31). The molecule has 0 radical (unpaired) electrons. The maximum atomic E-state index is 13.7. The highest BCUT2D eigenvalue weighted by atomic mass is 32.1. The number of rotatable bonds is 3. The fourth-order valence-corrected chi connectivity index (χ4v) is 5.90. The molecule has 3 aliphatic carbocycles. The van der Waals surface area contributed by atoms with Crippen LogP contribution in [-0.4, -0.2) is 40.8 Å². The third-order valence-corrected chi connectivity index (χ3v) is 7.37. The first-order chi connectivity index (χ1) is 15.3. The fourth-order valence-electron chi connectivity index (χ4n) is 5.22. The van der Waals surface area contributed by atoms with Crippen molar-refractivity contribution < 1.29 is 9.59 Å². The number of benzene rings is 1. The highest BCUT2D eigenvalue weighted by Gasteiger charge is 2.61. The van der Waals surface area contributed by atoms with E-state index in [2.05, 4.69) is 21.4 Å². The molecule has 6 rings (SSSR count). The first-order valence-corrected chi connectivity index (χ1v) is 11.1. The summed E-state index contributed by atoms with van der Waals surface area (Å²) in [5, 5.41) is 15.3. The Labute approximate surface area is 189 Å². The molecule has 0 aliphatic heterocycles. The van der Waals surface area contributed by atoms with Gasteiger partial charge in [-0.05, 0) is 36.1 Å². The lowest BCUT2D eigenvalue weighted by Gasteiger charge is -2.53. The number of thiazole rings is 1. The molecule has 1 N–H and O–H groups in total. The molecule has 2 amide bonds. The fraction of sp³-hybridized carbons (Fsp3) is 0.292. The quantitative estimate of drug-likeness (QED) is 0.668. The van der Waals surface area contributed by atoms with Gasteiger partial charge in [0, 0.05) is 31.6 Å². The van der Waals surface area contributed by atoms with Gasteiger partial charge in [0.2, 0.25) is 5.91 Å². The molecule has 3 aliphatic rings. The van der Waals surface area contributed by atoms with Gasteiger partial charge < -0.3 is 10.2 Å². The van der Waals surface area contributed by atoms with Gasteiger partial charge in [-0.3, -0.25) is 14.6 Å². The lowest BCUT2D eigenvalue weighted by molar-refractivity contribution is -0.127. The highest BCUT2D eigenvalue weighted by Crippen LogP contribution is 2.63. The number of nitrogens with one attached hydrogen (secondary N) is 1. The number of hydrogen-bond donors (Lipinski definition) is 1. The summed E-state index contributed by atoms with van der Waals surface area (Å²) >= 11 is 1.21. The minimum Gasteiger partial charge on any atom is -0.343 e. The molecule has 3 unspecified atom stereocenters. The molecular formula is C24H21N5O2S. The van der Waals surface area contributed by atoms with Gasteiger partial charge in [0.05, 0.1) is 17.2 Å². The van der Waals surface area contributed by atoms with Gasteiger partial charge in [0.1, 0.15) is 11.1 Å². The van der Waals surface area contributed by atoms with Crippen LogP contribution in [0, 0.1) is 16.7 Å². The van der Waals surface area contributed by atoms with E-state index in [0.29, 0.717) is 17.2 Å². The van der Waals surface area contributed by atoms with Crippen molar-refractivity contribution in [3.63, 3.8) is 0 Å². The number of aromatic nitrogens is 2. The van der Waals surface area contributed by atoms with Crippen LogP contribution in [0.2, 0.25) is 0 Å². The van der Waals surface area contributed by atoms with E-state index in [1.54, 1.807) is 25.7 Å². The summed E-state index contributed by atoms with van der Waals surface area (Å²) in [6.07, 6.45) is 2.03. The molecule has 1 aromatic carbocycles. The van der Waals surface area contributed by atoms with Crippen LogP contribution in [0.3, 0.4) is 0 Å². The number of hydrogen-bond acceptors (Lipinski definition) is 6. The zero-order valence-electron chi connectivity index (χ0n) is 17.9. The zero-order chi connectivity index (χ0) is 22.7. The van der Waals surface area contributed by atoms with Gasteiger partial charge in [-0.2, -0.15) is 5.26 Å². The van der Waals surface area contributed by atoms with E-state index >= 15 is 0 Å². The Bertz CT molecular complexity index is 1260. The molecule has 8 heteroatoms. The van der Waals surface area contributed by atoms with E-state index in [1.807, 2.05) is 43.3 Å². The third-order valence-electron chi connectivity index (χ3n) is 6.61. The maximum absolute atomic E-state index is 13.7. The number of nitrogens with zero attached hydrogens (tertiary/aromatic N) is 4. The first kappa shape index (κ1) is 20.3. The van der Waals surface area contributed by atoms with Crippen LogP contribution in [0.1, 0.15) is 52.1 Å². The average Bonchev–Trinajstić information content (AvgIpc) is 3.26. The summed E-state index contributed by atoms with van der Waals surface area (Å²) in [7, 11) is 3.31. The molecule has 0 spiro atoms. The number of amides is 2. The number of carbonyl (C=O) groups excluding carboxylic acids is 2. The summed E-state index contributed by atoms with van der Waals surface area (Å²) < 4.78 is 0. The maximum Gasteiger partial charge on any atom is 0.272 e. The first-order valence-electron chi connectivity index (χ1n) is 10.3. The monoisotopic (exact) mass is 443 g/mol. The summed E-state index contributed by atoms with van der Waals surface area (Å²) in [4.78, 5) is 36.2. The Balaban J connectivity index is 1.58. The minimum atomic E-state index is -0.997. The van der Waals surface area contributed by atoms with Crippen LogP contribution < -0.4 is 5.32 Å². The molecule has 32 heavy (non-hydrogen) atoms. The third kappa shape index (κ3) is 2.64. The zero-order valence-corrected chi connectivity index (χ0v) is 18.7. The summed E-state index contributed by atoms with van der Waals surface area (Å²) in [5.41, 5.74) is 1.97. The smallest absolute Gasteiger partial charge is 0.272 e. The SMILES string of the molecule is CN(C)C(=O)c1csc(NC(=O)C2(C)CC3(C#N)c4ccccc4C2c2cccnc23)n1. The van der Waals surface area contributed by atoms with Crippen LogP contribution in [0.4, 0.5) is 5.13 Å². The van der Waals surface area contributed by atoms with Gasteiger partial charge in [0.15, 0.2) is 5.13 Å². The van der Waals surface area contributed by atoms with Crippen molar-refractivity contribution >= 4 is 28.3 Å². The Kier molecular flexibility index (Phi) is 4.43. The van der Waals surface area contributed by atoms with E-state index in [9.17, 15) is 14.9 Å². The second-order valence-electron chi connectivity index (χ2n) is 8.76. The Morgan fingerprint density at radius 2 is 1.97 bits per heavy atom. The molecule has 0 saturated heterocycles. The number of anilines is 1. The van der Waals surface area contributed by atoms with Crippen LogP contribution in [0.15, 0.2) is 48.0 Å². The average molecular weight is 444 g/mol. The van der Waals surface area contributed by atoms with Gasteiger partial charge in [-0.15, -0.1) is 11.3 Å². The molecule has 0 saturated carbocycles. The molecule has 7 nitrogen and oxygen atoms in total. The molecule has 2 aromatic heterocycles. The second-order valence-corrected chi connectivity index (χ2v) is 9.62. The predicted molar refractivity (Wildman–Crippen MR) is 120 cm³/mol. The molecule has 3 aromatic rings. The minimum absolute atomic E-state index is 0.218. The summed E-state index contributed by atoms with van der Waals surface area (Å²) in [5.74, 6) is -0.674. The van der Waals surface area contributed by atoms with Crippen molar-refractivity contribution in [1.29, 1.82) is 5.26 Å². The van der Waals surface area contributed by atoms with Crippen molar-refractivity contribution in [3.05, 3.63) is 76.1 Å². The van der Waals surface area contributed by atoms with Crippen LogP contribution >= 0.6 is 11.3 Å². The molecule has 3 atom stereocenters. The van der Waals surface area contributed by atoms with Crippen molar-refractivity contribution in [1.82, 2.24) is 14.9 Å². The molecule has 0 fully saturated rings. The van der Waals surface area contributed by atoms with Crippen molar-refractivity contribution in [2.75, 3.05) is 19.4 Å². The summed E-state index contributed by atoms with van der Waals surface area (Å²) in [6.45, 7) is 1.91. The van der Waals surface area contributed by atoms with Gasteiger partial charge in [0.25, 0.3) is 5.91 Å². The van der Waals surface area contributed by atoms with E-state index in [1.165, 1.54) is 16.2 Å². The summed E-state index contributed by atoms with van der Waals surface area (Å²) in [6, 6.07) is 14.2. The lowest BCUT2D eigenvalue weighted by atomic mass is 9.48. The van der Waals surface area contributed by atoms with E-state index in [0.717, 1.165) is 22.4 Å². The number of carbonyl (C=O) groups is 2. The van der Waals surface area contributed by atoms with Crippen LogP contribution in [0.25, 0.3) is 0 Å². The van der Waals surface area contributed by atoms with E-state index in [-0.39, 0.29) is 17.7 Å².